The highest BCUT2D eigenvalue weighted by Crippen LogP contribution is 2.13. The Morgan fingerprint density at radius 1 is 0.516 bits per heavy atom. The Bertz CT molecular complexity index is 1330. The third-order valence-electron chi connectivity index (χ3n) is 10.3. The molecular formula is C54H89NO7. The largest absolute Gasteiger partial charge is 0.544 e. The van der Waals surface area contributed by atoms with Gasteiger partial charge in [-0.25, -0.2) is 0 Å². The number of aliphatic carboxylic acids is 1. The Hall–Kier alpha value is -3.75. The Morgan fingerprint density at radius 3 is 1.48 bits per heavy atom. The molecule has 0 aliphatic carbocycles. The van der Waals surface area contributed by atoms with E-state index in [9.17, 15) is 19.5 Å². The fourth-order valence-electron chi connectivity index (χ4n) is 6.54. The maximum atomic E-state index is 12.8. The van der Waals surface area contributed by atoms with Gasteiger partial charge in [0.2, 0.25) is 0 Å². The van der Waals surface area contributed by atoms with Crippen LogP contribution in [0.5, 0.6) is 0 Å². The van der Waals surface area contributed by atoms with E-state index < -0.39 is 18.1 Å². The smallest absolute Gasteiger partial charge is 0.306 e. The number of carboxylic acid groups (broad SMARTS) is 1. The quantitative estimate of drug-likeness (QED) is 0.0198. The molecule has 2 unspecified atom stereocenters. The predicted molar refractivity (Wildman–Crippen MR) is 258 cm³/mol. The number of rotatable bonds is 42. The van der Waals surface area contributed by atoms with E-state index in [4.69, 9.17) is 14.2 Å². The van der Waals surface area contributed by atoms with Crippen LogP contribution in [0.15, 0.2) is 97.2 Å². The van der Waals surface area contributed by atoms with Crippen LogP contribution in [0, 0.1) is 0 Å². The zero-order valence-corrected chi connectivity index (χ0v) is 40.0. The molecule has 0 bridgehead atoms. The number of quaternary nitrogens is 1. The van der Waals surface area contributed by atoms with E-state index in [1.165, 1.54) is 38.5 Å². The molecular weight excluding hydrogens is 775 g/mol. The highest BCUT2D eigenvalue weighted by atomic mass is 16.6. The van der Waals surface area contributed by atoms with Gasteiger partial charge < -0.3 is 28.6 Å². The summed E-state index contributed by atoms with van der Waals surface area (Å²) in [4.78, 5) is 37.0. The molecule has 0 aromatic heterocycles. The monoisotopic (exact) mass is 864 g/mol. The fourth-order valence-corrected chi connectivity index (χ4v) is 6.54. The number of hydrogen-bond acceptors (Lipinski definition) is 7. The first-order valence-electron chi connectivity index (χ1n) is 24.3. The summed E-state index contributed by atoms with van der Waals surface area (Å²) in [6.45, 7) is 4.46. The number of carboxylic acids is 1. The summed E-state index contributed by atoms with van der Waals surface area (Å²) in [5.74, 6) is -1.79. The zero-order chi connectivity index (χ0) is 45.6. The maximum absolute atomic E-state index is 12.8. The molecule has 0 rings (SSSR count). The van der Waals surface area contributed by atoms with Gasteiger partial charge in [0.1, 0.15) is 12.6 Å². The minimum absolute atomic E-state index is 0.0212. The maximum Gasteiger partial charge on any atom is 0.306 e. The number of likely N-dealkylation sites (N-methyl/N-ethyl adjacent to an activating group) is 1. The summed E-state index contributed by atoms with van der Waals surface area (Å²) in [5.41, 5.74) is 0. The van der Waals surface area contributed by atoms with E-state index in [2.05, 4.69) is 105 Å². The third-order valence-corrected chi connectivity index (χ3v) is 10.3. The van der Waals surface area contributed by atoms with Crippen molar-refractivity contribution in [1.82, 2.24) is 0 Å². The fraction of sp³-hybridized carbons (Fsp3) is 0.648. The van der Waals surface area contributed by atoms with Crippen molar-refractivity contribution in [2.45, 2.75) is 187 Å². The van der Waals surface area contributed by atoms with Crippen molar-refractivity contribution in [3.8, 4) is 0 Å². The first-order valence-corrected chi connectivity index (χ1v) is 24.3. The van der Waals surface area contributed by atoms with Crippen LogP contribution >= 0.6 is 0 Å². The van der Waals surface area contributed by atoms with Crippen LogP contribution in [-0.2, 0) is 28.6 Å². The molecule has 0 aliphatic heterocycles. The topological polar surface area (TPSA) is 102 Å². The highest BCUT2D eigenvalue weighted by molar-refractivity contribution is 5.70. The van der Waals surface area contributed by atoms with E-state index in [0.29, 0.717) is 6.42 Å². The van der Waals surface area contributed by atoms with E-state index in [-0.39, 0.29) is 49.1 Å². The lowest BCUT2D eigenvalue weighted by molar-refractivity contribution is -0.889. The number of allylic oxidation sites excluding steroid dienone is 16. The van der Waals surface area contributed by atoms with Crippen molar-refractivity contribution >= 4 is 17.9 Å². The van der Waals surface area contributed by atoms with E-state index >= 15 is 0 Å². The minimum Gasteiger partial charge on any atom is -0.544 e. The number of carbonyl (C=O) groups excluding carboxylic acids is 3. The van der Waals surface area contributed by atoms with Crippen LogP contribution in [-0.4, -0.2) is 75.5 Å². The molecule has 0 amide bonds. The molecule has 0 N–H and O–H groups in total. The molecule has 2 atom stereocenters. The SMILES string of the molecule is CC/C=C/C/C=C/C/C=C/C/C=C/CCCCCCCCCC(=O)OCC(COCCC(C(=O)[O-])[N+](C)(C)C)OC(=O)CCCCCCC/C=C/C=C/C=C/C=C/CCCCC. The van der Waals surface area contributed by atoms with Crippen LogP contribution in [0.25, 0.3) is 0 Å². The molecule has 352 valence electrons. The Balaban J connectivity index is 4.38. The number of esters is 2. The van der Waals surface area contributed by atoms with Gasteiger partial charge in [-0.1, -0.05) is 175 Å². The number of carbonyl (C=O) groups is 3. The third kappa shape index (κ3) is 41.6. The summed E-state index contributed by atoms with van der Waals surface area (Å²) in [6, 6.07) is -0.738. The molecule has 62 heavy (non-hydrogen) atoms. The van der Waals surface area contributed by atoms with E-state index in [0.717, 1.165) is 103 Å². The van der Waals surface area contributed by atoms with Gasteiger partial charge in [0.05, 0.1) is 40.3 Å². The summed E-state index contributed by atoms with van der Waals surface area (Å²) in [5, 5.41) is 11.7. The van der Waals surface area contributed by atoms with Gasteiger partial charge in [0.25, 0.3) is 0 Å². The summed E-state index contributed by atoms with van der Waals surface area (Å²) >= 11 is 0. The lowest BCUT2D eigenvalue weighted by atomic mass is 10.1. The van der Waals surface area contributed by atoms with Crippen molar-refractivity contribution < 1.29 is 38.2 Å². The van der Waals surface area contributed by atoms with Crippen molar-refractivity contribution in [2.75, 3.05) is 41.0 Å². The van der Waals surface area contributed by atoms with Gasteiger partial charge in [0.15, 0.2) is 6.10 Å². The van der Waals surface area contributed by atoms with E-state index in [1.807, 2.05) is 6.08 Å². The first-order chi connectivity index (χ1) is 30.1. The average Bonchev–Trinajstić information content (AvgIpc) is 3.23. The van der Waals surface area contributed by atoms with Crippen LogP contribution < -0.4 is 5.11 Å². The Morgan fingerprint density at radius 2 is 0.968 bits per heavy atom. The second kappa shape index (κ2) is 43.9. The standard InChI is InChI=1S/C54H89NO7/c1-6-8-10-12-14-16-18-20-22-24-26-27-29-30-32-34-36-38-40-42-44-52(56)61-49-50(48-60-47-46-51(54(58)59)55(3,4)5)62-53(57)45-43-41-39-37-35-33-31-28-25-23-21-19-17-15-13-11-9-7-2/h8,10,14-17,19-23,25-28,31,50-51H,6-7,9,11-13,18,24,29-30,32-49H2,1-5H3/b10-8+,16-14+,17-15+,21-19+,22-20+,25-23+,27-26+,31-28+. The van der Waals surface area contributed by atoms with Crippen molar-refractivity contribution in [3.05, 3.63) is 97.2 Å². The molecule has 8 heteroatoms. The molecule has 0 aromatic rings. The lowest BCUT2D eigenvalue weighted by Crippen LogP contribution is -2.55. The van der Waals surface area contributed by atoms with Crippen molar-refractivity contribution in [3.63, 3.8) is 0 Å². The van der Waals surface area contributed by atoms with Crippen LogP contribution in [0.1, 0.15) is 174 Å². The van der Waals surface area contributed by atoms with Gasteiger partial charge >= 0.3 is 11.9 Å². The number of ether oxygens (including phenoxy) is 3. The normalized spacial score (nSPS) is 13.8. The molecule has 0 heterocycles. The zero-order valence-electron chi connectivity index (χ0n) is 40.0. The minimum atomic E-state index is -1.13. The summed E-state index contributed by atoms with van der Waals surface area (Å²) in [6.07, 6.45) is 58.5. The van der Waals surface area contributed by atoms with Crippen molar-refractivity contribution in [2.24, 2.45) is 0 Å². The highest BCUT2D eigenvalue weighted by Gasteiger charge is 2.25. The van der Waals surface area contributed by atoms with Gasteiger partial charge in [-0.3, -0.25) is 9.59 Å². The second-order valence-corrected chi connectivity index (χ2v) is 17.1. The van der Waals surface area contributed by atoms with Crippen LogP contribution in [0.3, 0.4) is 0 Å². The van der Waals surface area contributed by atoms with Crippen LogP contribution in [0.4, 0.5) is 0 Å². The molecule has 0 radical (unpaired) electrons. The summed E-state index contributed by atoms with van der Waals surface area (Å²) in [7, 11) is 5.39. The van der Waals surface area contributed by atoms with Gasteiger partial charge in [0, 0.05) is 19.3 Å². The molecule has 0 fully saturated rings. The Kier molecular flexibility index (Phi) is 41.2. The molecule has 8 nitrogen and oxygen atoms in total. The molecule has 0 saturated heterocycles. The molecule has 0 aromatic carbocycles. The molecule has 0 spiro atoms. The van der Waals surface area contributed by atoms with E-state index in [1.54, 1.807) is 21.1 Å². The lowest BCUT2D eigenvalue weighted by Gasteiger charge is -2.34. The average molecular weight is 864 g/mol. The Labute approximate surface area is 379 Å². The number of unbranched alkanes of at least 4 members (excludes halogenated alkanes) is 15. The van der Waals surface area contributed by atoms with Crippen LogP contribution in [0.2, 0.25) is 0 Å². The first kappa shape index (κ1) is 58.2. The molecule has 0 aliphatic rings. The van der Waals surface area contributed by atoms with Gasteiger partial charge in [-0.2, -0.15) is 0 Å². The van der Waals surface area contributed by atoms with Gasteiger partial charge in [-0.15, -0.1) is 0 Å². The summed E-state index contributed by atoms with van der Waals surface area (Å²) < 4.78 is 17.2. The number of hydrogen-bond donors (Lipinski definition) is 0. The number of nitrogens with zero attached hydrogens (tertiary/aromatic N) is 1. The predicted octanol–water partition coefficient (Wildman–Crippen LogP) is 12.5. The van der Waals surface area contributed by atoms with Gasteiger partial charge in [-0.05, 0) is 77.0 Å². The molecule has 0 saturated carbocycles. The second-order valence-electron chi connectivity index (χ2n) is 17.1. The van der Waals surface area contributed by atoms with Crippen molar-refractivity contribution in [1.29, 1.82) is 0 Å².